The summed E-state index contributed by atoms with van der Waals surface area (Å²) in [5, 5.41) is 10.9. The molecule has 0 bridgehead atoms. The summed E-state index contributed by atoms with van der Waals surface area (Å²) in [5.74, 6) is 1.74. The van der Waals surface area contributed by atoms with Gasteiger partial charge in [0.2, 0.25) is 0 Å². The van der Waals surface area contributed by atoms with E-state index in [1.807, 2.05) is 18.2 Å². The highest BCUT2D eigenvalue weighted by molar-refractivity contribution is 14.0. The molecule has 0 atom stereocenters. The summed E-state index contributed by atoms with van der Waals surface area (Å²) in [6.07, 6.45) is 0. The number of hydrogen-bond acceptors (Lipinski definition) is 5. The number of halogens is 1. The first kappa shape index (κ1) is 23.9. The van der Waals surface area contributed by atoms with Crippen molar-refractivity contribution in [2.24, 2.45) is 4.99 Å². The second kappa shape index (κ2) is 13.8. The fourth-order valence-electron chi connectivity index (χ4n) is 2.97. The highest BCUT2D eigenvalue weighted by atomic mass is 127. The zero-order valence-electron chi connectivity index (χ0n) is 16.9. The van der Waals surface area contributed by atoms with Crippen LogP contribution >= 0.6 is 35.3 Å². The highest BCUT2D eigenvalue weighted by Gasteiger charge is 2.10. The van der Waals surface area contributed by atoms with Gasteiger partial charge < -0.3 is 20.1 Å². The van der Waals surface area contributed by atoms with Crippen LogP contribution in [0.4, 0.5) is 0 Å². The molecule has 1 saturated heterocycles. The van der Waals surface area contributed by atoms with Gasteiger partial charge in [-0.3, -0.25) is 4.90 Å². The summed E-state index contributed by atoms with van der Waals surface area (Å²) < 4.78 is 11.5. The van der Waals surface area contributed by atoms with E-state index in [0.717, 1.165) is 56.7 Å². The summed E-state index contributed by atoms with van der Waals surface area (Å²) in [7, 11) is 0. The molecular formula is C21H31IN4O2S. The van der Waals surface area contributed by atoms with Crippen molar-refractivity contribution in [2.75, 3.05) is 46.0 Å². The molecule has 1 aliphatic rings. The SMILES string of the molecule is CCNC(=NCc1ccsc1)NCc1ccccc1OCCN1CCOCC1.I. The van der Waals surface area contributed by atoms with E-state index >= 15 is 0 Å². The van der Waals surface area contributed by atoms with Crippen molar-refractivity contribution in [3.8, 4) is 5.75 Å². The first-order valence-electron chi connectivity index (χ1n) is 9.89. The van der Waals surface area contributed by atoms with Crippen LogP contribution < -0.4 is 15.4 Å². The van der Waals surface area contributed by atoms with E-state index in [1.165, 1.54) is 5.56 Å². The minimum Gasteiger partial charge on any atom is -0.492 e. The predicted molar refractivity (Wildman–Crippen MR) is 131 cm³/mol. The third kappa shape index (κ3) is 8.49. The van der Waals surface area contributed by atoms with Crippen LogP contribution in [0.25, 0.3) is 0 Å². The summed E-state index contributed by atoms with van der Waals surface area (Å²) in [4.78, 5) is 7.05. The molecule has 160 valence electrons. The van der Waals surface area contributed by atoms with Gasteiger partial charge in [0.25, 0.3) is 0 Å². The lowest BCUT2D eigenvalue weighted by molar-refractivity contribution is 0.0322. The number of ether oxygens (including phenoxy) is 2. The van der Waals surface area contributed by atoms with Gasteiger partial charge in [0, 0.05) is 38.3 Å². The maximum absolute atomic E-state index is 6.07. The van der Waals surface area contributed by atoms with E-state index in [2.05, 4.69) is 50.3 Å². The molecule has 0 spiro atoms. The Morgan fingerprint density at radius 2 is 2.03 bits per heavy atom. The lowest BCUT2D eigenvalue weighted by atomic mass is 10.2. The van der Waals surface area contributed by atoms with Gasteiger partial charge in [-0.25, -0.2) is 4.99 Å². The van der Waals surface area contributed by atoms with Gasteiger partial charge in [-0.15, -0.1) is 24.0 Å². The molecule has 2 aromatic rings. The average Bonchev–Trinajstić information content (AvgIpc) is 3.25. The molecule has 6 nitrogen and oxygen atoms in total. The normalized spacial score (nSPS) is 14.9. The zero-order valence-corrected chi connectivity index (χ0v) is 20.1. The number of thiophene rings is 1. The number of nitrogens with one attached hydrogen (secondary N) is 2. The molecule has 1 fully saturated rings. The summed E-state index contributed by atoms with van der Waals surface area (Å²) in [5.41, 5.74) is 2.36. The van der Waals surface area contributed by atoms with Crippen molar-refractivity contribution in [2.45, 2.75) is 20.0 Å². The smallest absolute Gasteiger partial charge is 0.191 e. The third-order valence-corrected chi connectivity index (χ3v) is 5.26. The van der Waals surface area contributed by atoms with Gasteiger partial charge in [-0.1, -0.05) is 18.2 Å². The van der Waals surface area contributed by atoms with Gasteiger partial charge in [0.05, 0.1) is 19.8 Å². The van der Waals surface area contributed by atoms with Gasteiger partial charge in [0.1, 0.15) is 12.4 Å². The van der Waals surface area contributed by atoms with Crippen LogP contribution in [0.5, 0.6) is 5.75 Å². The Kier molecular flexibility index (Phi) is 11.4. The Morgan fingerprint density at radius 3 is 2.79 bits per heavy atom. The monoisotopic (exact) mass is 530 g/mol. The van der Waals surface area contributed by atoms with Gasteiger partial charge in [0.15, 0.2) is 5.96 Å². The first-order chi connectivity index (χ1) is 13.8. The van der Waals surface area contributed by atoms with Gasteiger partial charge in [-0.05, 0) is 35.4 Å². The molecule has 2 heterocycles. The molecule has 8 heteroatoms. The van der Waals surface area contributed by atoms with Crippen LogP contribution in [0.1, 0.15) is 18.1 Å². The van der Waals surface area contributed by atoms with E-state index in [-0.39, 0.29) is 24.0 Å². The molecule has 0 saturated carbocycles. The van der Waals surface area contributed by atoms with E-state index in [4.69, 9.17) is 9.47 Å². The second-order valence-corrected chi connectivity index (χ2v) is 7.37. The molecule has 2 N–H and O–H groups in total. The van der Waals surface area contributed by atoms with Crippen LogP contribution in [0, 0.1) is 0 Å². The number of rotatable bonds is 9. The van der Waals surface area contributed by atoms with Crippen molar-refractivity contribution in [1.29, 1.82) is 0 Å². The highest BCUT2D eigenvalue weighted by Crippen LogP contribution is 2.18. The van der Waals surface area contributed by atoms with Crippen LogP contribution in [0.3, 0.4) is 0 Å². The predicted octanol–water partition coefficient (Wildman–Crippen LogP) is 3.33. The molecule has 1 aliphatic heterocycles. The van der Waals surface area contributed by atoms with Crippen molar-refractivity contribution >= 4 is 41.3 Å². The quantitative estimate of drug-likeness (QED) is 0.296. The maximum atomic E-state index is 6.07. The number of hydrogen-bond donors (Lipinski definition) is 2. The Hall–Kier alpha value is -1.36. The summed E-state index contributed by atoms with van der Waals surface area (Å²) >= 11 is 1.70. The van der Waals surface area contributed by atoms with Crippen LogP contribution in [-0.2, 0) is 17.8 Å². The van der Waals surface area contributed by atoms with Gasteiger partial charge >= 0.3 is 0 Å². The molecule has 0 unspecified atom stereocenters. The molecular weight excluding hydrogens is 499 g/mol. The third-order valence-electron chi connectivity index (χ3n) is 4.53. The minimum absolute atomic E-state index is 0. The lowest BCUT2D eigenvalue weighted by Crippen LogP contribution is -2.38. The molecule has 29 heavy (non-hydrogen) atoms. The van der Waals surface area contributed by atoms with Crippen LogP contribution in [0.2, 0.25) is 0 Å². The fraction of sp³-hybridized carbons (Fsp3) is 0.476. The number of aliphatic imine (C=N–C) groups is 1. The number of nitrogens with zero attached hydrogens (tertiary/aromatic N) is 2. The number of morpholine rings is 1. The van der Waals surface area contributed by atoms with Crippen molar-refractivity contribution in [3.63, 3.8) is 0 Å². The zero-order chi connectivity index (χ0) is 19.4. The Balaban J connectivity index is 0.00000300. The fourth-order valence-corrected chi connectivity index (χ4v) is 3.63. The number of para-hydroxylation sites is 1. The molecule has 3 rings (SSSR count). The van der Waals surface area contributed by atoms with Crippen LogP contribution in [0.15, 0.2) is 46.1 Å². The lowest BCUT2D eigenvalue weighted by Gasteiger charge is -2.26. The first-order valence-corrected chi connectivity index (χ1v) is 10.8. The van der Waals surface area contributed by atoms with E-state index in [9.17, 15) is 0 Å². The molecule has 1 aromatic carbocycles. The maximum Gasteiger partial charge on any atom is 0.191 e. The van der Waals surface area contributed by atoms with Crippen molar-refractivity contribution in [1.82, 2.24) is 15.5 Å². The Morgan fingerprint density at radius 1 is 1.21 bits per heavy atom. The van der Waals surface area contributed by atoms with Crippen molar-refractivity contribution < 1.29 is 9.47 Å². The largest absolute Gasteiger partial charge is 0.492 e. The summed E-state index contributed by atoms with van der Waals surface area (Å²) in [6, 6.07) is 10.3. The molecule has 0 amide bonds. The number of guanidine groups is 1. The second-order valence-electron chi connectivity index (χ2n) is 6.59. The molecule has 0 aliphatic carbocycles. The van der Waals surface area contributed by atoms with Gasteiger partial charge in [-0.2, -0.15) is 11.3 Å². The van der Waals surface area contributed by atoms with E-state index in [0.29, 0.717) is 19.7 Å². The molecule has 0 radical (unpaired) electrons. The average molecular weight is 530 g/mol. The molecule has 1 aromatic heterocycles. The summed E-state index contributed by atoms with van der Waals surface area (Å²) in [6.45, 7) is 9.46. The topological polar surface area (TPSA) is 58.1 Å². The standard InChI is InChI=1S/C21H30N4O2S.HI/c1-2-22-21(23-15-18-7-14-28-17-18)24-16-19-5-3-4-6-20(19)27-13-10-25-8-11-26-12-9-25;/h3-7,14,17H,2,8-13,15-16H2,1H3,(H2,22,23,24);1H. The van der Waals surface area contributed by atoms with E-state index in [1.54, 1.807) is 11.3 Å². The Labute approximate surface area is 194 Å². The number of benzene rings is 1. The minimum atomic E-state index is 0. The van der Waals surface area contributed by atoms with Crippen LogP contribution in [-0.4, -0.2) is 56.9 Å². The van der Waals surface area contributed by atoms with Crippen molar-refractivity contribution in [3.05, 3.63) is 52.2 Å². The Bertz CT molecular complexity index is 721. The van der Waals surface area contributed by atoms with E-state index < -0.39 is 0 Å².